The number of carbonyl (C=O) groups excluding carboxylic acids is 1. The monoisotopic (exact) mass is 260 g/mol. The average molecular weight is 260 g/mol. The predicted octanol–water partition coefficient (Wildman–Crippen LogP) is 2.45. The van der Waals surface area contributed by atoms with Crippen molar-refractivity contribution in [3.05, 3.63) is 35.6 Å². The van der Waals surface area contributed by atoms with E-state index in [9.17, 15) is 4.79 Å². The Labute approximate surface area is 113 Å². The van der Waals surface area contributed by atoms with E-state index in [0.29, 0.717) is 12.3 Å². The van der Waals surface area contributed by atoms with Crippen molar-refractivity contribution in [1.82, 2.24) is 5.32 Å². The van der Waals surface area contributed by atoms with E-state index >= 15 is 0 Å². The Bertz CT molecular complexity index is 589. The largest absolute Gasteiger partial charge is 0.451 e. The van der Waals surface area contributed by atoms with E-state index in [4.69, 9.17) is 10.2 Å². The molecule has 0 saturated heterocycles. The first-order valence-corrected chi connectivity index (χ1v) is 6.52. The van der Waals surface area contributed by atoms with Gasteiger partial charge in [0.15, 0.2) is 5.76 Å². The highest BCUT2D eigenvalue weighted by atomic mass is 16.3. The number of fused-ring (bicyclic) bond motifs is 1. The van der Waals surface area contributed by atoms with Gasteiger partial charge >= 0.3 is 0 Å². The van der Waals surface area contributed by atoms with Gasteiger partial charge < -0.3 is 15.5 Å². The maximum Gasteiger partial charge on any atom is 0.287 e. The molecule has 2 atom stereocenters. The number of rotatable bonds is 4. The highest BCUT2D eigenvalue weighted by Crippen LogP contribution is 2.20. The van der Waals surface area contributed by atoms with Gasteiger partial charge in [-0.05, 0) is 44.5 Å². The van der Waals surface area contributed by atoms with E-state index in [0.717, 1.165) is 16.5 Å². The van der Waals surface area contributed by atoms with Crippen molar-refractivity contribution in [1.29, 1.82) is 0 Å². The van der Waals surface area contributed by atoms with Crippen LogP contribution in [0, 0.1) is 12.8 Å². The third kappa shape index (κ3) is 2.96. The summed E-state index contributed by atoms with van der Waals surface area (Å²) in [4.78, 5) is 12.1. The van der Waals surface area contributed by atoms with Gasteiger partial charge in [0, 0.05) is 11.4 Å². The molecule has 1 amide bonds. The van der Waals surface area contributed by atoms with Gasteiger partial charge in [0.05, 0.1) is 0 Å². The predicted molar refractivity (Wildman–Crippen MR) is 76.1 cm³/mol. The molecule has 102 valence electrons. The number of carbonyl (C=O) groups is 1. The van der Waals surface area contributed by atoms with Gasteiger partial charge in [-0.3, -0.25) is 4.79 Å². The molecule has 4 heteroatoms. The van der Waals surface area contributed by atoms with Crippen LogP contribution in [0.1, 0.15) is 30.0 Å². The Morgan fingerprint density at radius 3 is 2.79 bits per heavy atom. The number of benzene rings is 1. The molecular formula is C15H20N2O2. The van der Waals surface area contributed by atoms with Crippen LogP contribution >= 0.6 is 0 Å². The van der Waals surface area contributed by atoms with Crippen LogP contribution in [0.25, 0.3) is 11.0 Å². The number of hydrogen-bond donors (Lipinski definition) is 2. The molecule has 4 nitrogen and oxygen atoms in total. The zero-order valence-electron chi connectivity index (χ0n) is 11.6. The van der Waals surface area contributed by atoms with Crippen molar-refractivity contribution in [2.24, 2.45) is 11.7 Å². The second-order valence-electron chi connectivity index (χ2n) is 5.13. The maximum absolute atomic E-state index is 12.1. The molecule has 0 bridgehead atoms. The van der Waals surface area contributed by atoms with Crippen LogP contribution in [0.15, 0.2) is 28.7 Å². The van der Waals surface area contributed by atoms with E-state index in [-0.39, 0.29) is 17.9 Å². The van der Waals surface area contributed by atoms with Gasteiger partial charge in [0.1, 0.15) is 5.58 Å². The summed E-state index contributed by atoms with van der Waals surface area (Å²) >= 11 is 0. The Morgan fingerprint density at radius 2 is 2.11 bits per heavy atom. The maximum atomic E-state index is 12.1. The highest BCUT2D eigenvalue weighted by Gasteiger charge is 2.17. The second-order valence-corrected chi connectivity index (χ2v) is 5.13. The zero-order chi connectivity index (χ0) is 14.0. The molecule has 2 rings (SSSR count). The molecule has 3 N–H and O–H groups in total. The second kappa shape index (κ2) is 5.45. The van der Waals surface area contributed by atoms with Gasteiger partial charge in [0.2, 0.25) is 0 Å². The molecule has 2 unspecified atom stereocenters. The molecule has 1 aromatic carbocycles. The Morgan fingerprint density at radius 1 is 1.37 bits per heavy atom. The van der Waals surface area contributed by atoms with Gasteiger partial charge in [-0.1, -0.05) is 18.6 Å². The molecule has 19 heavy (non-hydrogen) atoms. The van der Waals surface area contributed by atoms with Gasteiger partial charge in [-0.25, -0.2) is 0 Å². The fourth-order valence-corrected chi connectivity index (χ4v) is 1.90. The van der Waals surface area contributed by atoms with Crippen molar-refractivity contribution < 1.29 is 9.21 Å². The lowest BCUT2D eigenvalue weighted by atomic mass is 10.0. The van der Waals surface area contributed by atoms with E-state index in [1.54, 1.807) is 6.07 Å². The summed E-state index contributed by atoms with van der Waals surface area (Å²) in [6.07, 6.45) is 0. The van der Waals surface area contributed by atoms with Crippen LogP contribution in [0.5, 0.6) is 0 Å². The first kappa shape index (κ1) is 13.6. The van der Waals surface area contributed by atoms with Gasteiger partial charge in [-0.15, -0.1) is 0 Å². The Balaban J connectivity index is 2.17. The van der Waals surface area contributed by atoms with Crippen molar-refractivity contribution >= 4 is 16.9 Å². The normalized spacial score (nSPS) is 14.3. The number of furan rings is 1. The Hall–Kier alpha value is -1.81. The summed E-state index contributed by atoms with van der Waals surface area (Å²) in [5, 5.41) is 3.86. The Kier molecular flexibility index (Phi) is 3.90. The molecule has 2 aromatic rings. The van der Waals surface area contributed by atoms with E-state index in [1.807, 2.05) is 39.0 Å². The topological polar surface area (TPSA) is 68.3 Å². The first-order chi connectivity index (χ1) is 9.01. The fraction of sp³-hybridized carbons (Fsp3) is 0.400. The van der Waals surface area contributed by atoms with Crippen LogP contribution in [0.2, 0.25) is 0 Å². The highest BCUT2D eigenvalue weighted by molar-refractivity contribution is 5.96. The summed E-state index contributed by atoms with van der Waals surface area (Å²) in [6, 6.07) is 7.64. The van der Waals surface area contributed by atoms with Crippen molar-refractivity contribution in [3.63, 3.8) is 0 Å². The quantitative estimate of drug-likeness (QED) is 0.887. The van der Waals surface area contributed by atoms with Crippen LogP contribution in [0.3, 0.4) is 0 Å². The van der Waals surface area contributed by atoms with Crippen molar-refractivity contribution in [3.8, 4) is 0 Å². The molecule has 0 radical (unpaired) electrons. The van der Waals surface area contributed by atoms with Crippen LogP contribution < -0.4 is 11.1 Å². The third-order valence-electron chi connectivity index (χ3n) is 3.48. The zero-order valence-corrected chi connectivity index (χ0v) is 11.6. The summed E-state index contributed by atoms with van der Waals surface area (Å²) in [5.41, 5.74) is 7.47. The van der Waals surface area contributed by atoms with Crippen molar-refractivity contribution in [2.75, 3.05) is 6.54 Å². The first-order valence-electron chi connectivity index (χ1n) is 6.52. The third-order valence-corrected chi connectivity index (χ3v) is 3.48. The summed E-state index contributed by atoms with van der Waals surface area (Å²) < 4.78 is 5.56. The fourth-order valence-electron chi connectivity index (χ4n) is 1.90. The van der Waals surface area contributed by atoms with Crippen molar-refractivity contribution in [2.45, 2.75) is 26.8 Å². The molecule has 0 aliphatic carbocycles. The minimum atomic E-state index is -0.193. The molecular weight excluding hydrogens is 240 g/mol. The number of nitrogens with one attached hydrogen (secondary N) is 1. The molecule has 1 heterocycles. The minimum Gasteiger partial charge on any atom is -0.451 e. The summed E-state index contributed by atoms with van der Waals surface area (Å²) in [6.45, 7) is 6.51. The summed E-state index contributed by atoms with van der Waals surface area (Å²) in [5.74, 6) is 0.383. The number of amides is 1. The van der Waals surface area contributed by atoms with Gasteiger partial charge in [-0.2, -0.15) is 0 Å². The molecule has 1 aromatic heterocycles. The number of hydrogen-bond acceptors (Lipinski definition) is 3. The smallest absolute Gasteiger partial charge is 0.287 e. The van der Waals surface area contributed by atoms with Gasteiger partial charge in [0.25, 0.3) is 5.91 Å². The van der Waals surface area contributed by atoms with Crippen LogP contribution in [0.4, 0.5) is 0 Å². The van der Waals surface area contributed by atoms with Crippen LogP contribution in [-0.2, 0) is 0 Å². The minimum absolute atomic E-state index is 0.0208. The average Bonchev–Trinajstić information content (AvgIpc) is 2.80. The SMILES string of the molecule is Cc1ccc2oc(C(=O)NC(C)C(C)CN)cc2c1. The molecule has 0 fully saturated rings. The summed E-state index contributed by atoms with van der Waals surface area (Å²) in [7, 11) is 0. The number of nitrogens with two attached hydrogens (primary N) is 1. The molecule has 0 saturated carbocycles. The van der Waals surface area contributed by atoms with E-state index in [1.165, 1.54) is 0 Å². The molecule has 0 aliphatic heterocycles. The lowest BCUT2D eigenvalue weighted by Gasteiger charge is -2.18. The van der Waals surface area contributed by atoms with E-state index in [2.05, 4.69) is 5.32 Å². The number of aryl methyl sites for hydroxylation is 1. The lowest BCUT2D eigenvalue weighted by Crippen LogP contribution is -2.39. The standard InChI is InChI=1S/C15H20N2O2/c1-9-4-5-13-12(6-9)7-14(19-13)15(18)17-11(3)10(2)8-16/h4-7,10-11H,8,16H2,1-3H3,(H,17,18). The lowest BCUT2D eigenvalue weighted by molar-refractivity contribution is 0.0903. The van der Waals surface area contributed by atoms with Crippen LogP contribution in [-0.4, -0.2) is 18.5 Å². The molecule has 0 spiro atoms. The van der Waals surface area contributed by atoms with E-state index < -0.39 is 0 Å². The molecule has 0 aliphatic rings.